The van der Waals surface area contributed by atoms with Crippen molar-refractivity contribution in [3.63, 3.8) is 0 Å². The Kier molecular flexibility index (Phi) is 6.83. The van der Waals surface area contributed by atoms with E-state index in [2.05, 4.69) is 0 Å². The normalized spacial score (nSPS) is 36.5. The molecule has 0 saturated carbocycles. The molecule has 0 aromatic heterocycles. The van der Waals surface area contributed by atoms with Crippen LogP contribution in [0.3, 0.4) is 0 Å². The number of aromatic hydroxyl groups is 1. The first kappa shape index (κ1) is 27.5. The monoisotopic (exact) mass is 588 g/mol. The summed E-state index contributed by atoms with van der Waals surface area (Å²) in [5, 5.41) is 32.5. The van der Waals surface area contributed by atoms with Gasteiger partial charge in [-0.3, -0.25) is 4.79 Å². The number of methoxy groups -OCH3 is 2. The summed E-state index contributed by atoms with van der Waals surface area (Å²) in [5.41, 5.74) is 2.01. The molecule has 1 aliphatic carbocycles. The van der Waals surface area contributed by atoms with E-state index in [-0.39, 0.29) is 37.3 Å². The van der Waals surface area contributed by atoms with Gasteiger partial charge in [0.25, 0.3) is 0 Å². The molecule has 3 fully saturated rings. The number of hydrogen-bond donors (Lipinski definition) is 3. The highest BCUT2D eigenvalue weighted by Gasteiger charge is 2.56. The molecular weight excluding hydrogens is 556 g/mol. The molecule has 2 aromatic rings. The first-order valence-electron chi connectivity index (χ1n) is 13.8. The number of carbonyl (C=O) groups is 1. The van der Waals surface area contributed by atoms with Gasteiger partial charge in [-0.25, -0.2) is 0 Å². The molecule has 3 saturated heterocycles. The van der Waals surface area contributed by atoms with Crippen LogP contribution < -0.4 is 18.9 Å². The number of phenols is 1. The Bertz CT molecular complexity index is 1350. The average molecular weight is 589 g/mol. The lowest BCUT2D eigenvalue weighted by Gasteiger charge is -2.47. The predicted octanol–water partition coefficient (Wildman–Crippen LogP) is 1.34. The number of cyclic esters (lactones) is 1. The van der Waals surface area contributed by atoms with Crippen LogP contribution >= 0.6 is 0 Å². The molecule has 5 aliphatic rings. The fourth-order valence-corrected chi connectivity index (χ4v) is 6.74. The molecule has 13 nitrogen and oxygen atoms in total. The SMILES string of the molecule is COc1cc(C2c3cc4c(cc3[C@@H](O[C@@H]3O[C@@H]5CO[C@@H](C)O[C@H]5[C@H](O)[C@H]3O)[C@H]3COC(=O)C23)OCO4)cc(OC)c1O. The third-order valence-corrected chi connectivity index (χ3v) is 8.75. The number of esters is 1. The van der Waals surface area contributed by atoms with E-state index in [0.717, 1.165) is 0 Å². The number of fused-ring (bicyclic) bond motifs is 4. The van der Waals surface area contributed by atoms with Crippen molar-refractivity contribution in [1.29, 1.82) is 0 Å². The highest BCUT2D eigenvalue weighted by atomic mass is 16.8. The minimum Gasteiger partial charge on any atom is -0.502 e. The summed E-state index contributed by atoms with van der Waals surface area (Å²) in [6, 6.07) is 6.93. The Balaban J connectivity index is 1.32. The second-order valence-electron chi connectivity index (χ2n) is 11.0. The maximum absolute atomic E-state index is 13.4. The third kappa shape index (κ3) is 4.26. The molecule has 2 unspecified atom stereocenters. The Labute approximate surface area is 240 Å². The smallest absolute Gasteiger partial charge is 0.310 e. The lowest BCUT2D eigenvalue weighted by Crippen LogP contribution is -2.63. The fourth-order valence-electron chi connectivity index (χ4n) is 6.74. The Morgan fingerprint density at radius 2 is 1.57 bits per heavy atom. The van der Waals surface area contributed by atoms with Crippen LogP contribution in [0.4, 0.5) is 0 Å². The topological polar surface area (TPSA) is 161 Å². The number of ether oxygens (including phenoxy) is 9. The van der Waals surface area contributed by atoms with Gasteiger partial charge < -0.3 is 58.0 Å². The van der Waals surface area contributed by atoms with E-state index in [0.29, 0.717) is 28.2 Å². The van der Waals surface area contributed by atoms with Gasteiger partial charge in [0, 0.05) is 11.8 Å². The van der Waals surface area contributed by atoms with E-state index >= 15 is 0 Å². The van der Waals surface area contributed by atoms with E-state index in [9.17, 15) is 20.1 Å². The quantitative estimate of drug-likeness (QED) is 0.430. The lowest BCUT2D eigenvalue weighted by atomic mass is 9.66. The van der Waals surface area contributed by atoms with Crippen LogP contribution in [0.5, 0.6) is 28.7 Å². The second kappa shape index (κ2) is 10.4. The van der Waals surface area contributed by atoms with Crippen LogP contribution in [0.2, 0.25) is 0 Å². The van der Waals surface area contributed by atoms with E-state index < -0.39 is 66.8 Å². The summed E-state index contributed by atoms with van der Waals surface area (Å²) in [5.74, 6) is -1.02. The highest BCUT2D eigenvalue weighted by Crippen LogP contribution is 2.57. The van der Waals surface area contributed by atoms with Crippen molar-refractivity contribution in [3.8, 4) is 28.7 Å². The minimum atomic E-state index is -1.44. The summed E-state index contributed by atoms with van der Waals surface area (Å²) in [6.07, 6.45) is -6.80. The van der Waals surface area contributed by atoms with E-state index in [1.165, 1.54) is 14.2 Å². The van der Waals surface area contributed by atoms with Crippen molar-refractivity contribution in [2.45, 2.75) is 55.9 Å². The van der Waals surface area contributed by atoms with Crippen molar-refractivity contribution in [2.24, 2.45) is 11.8 Å². The van der Waals surface area contributed by atoms with Gasteiger partial charge in [0.15, 0.2) is 35.6 Å². The van der Waals surface area contributed by atoms with Gasteiger partial charge in [0.1, 0.15) is 24.4 Å². The number of hydrogen-bond acceptors (Lipinski definition) is 13. The van der Waals surface area contributed by atoms with Crippen LogP contribution in [0, 0.1) is 11.8 Å². The third-order valence-electron chi connectivity index (χ3n) is 8.75. The van der Waals surface area contributed by atoms with Crippen molar-refractivity contribution < 1.29 is 62.7 Å². The molecule has 10 atom stereocenters. The maximum atomic E-state index is 13.4. The maximum Gasteiger partial charge on any atom is 0.310 e. The Morgan fingerprint density at radius 3 is 2.26 bits per heavy atom. The van der Waals surface area contributed by atoms with Gasteiger partial charge in [0.05, 0.1) is 39.5 Å². The Hall–Kier alpha value is -3.33. The molecule has 0 amide bonds. The Morgan fingerprint density at radius 1 is 0.881 bits per heavy atom. The molecule has 4 aliphatic heterocycles. The molecule has 7 rings (SSSR count). The van der Waals surface area contributed by atoms with Gasteiger partial charge >= 0.3 is 5.97 Å². The average Bonchev–Trinajstić information content (AvgIpc) is 3.61. The van der Waals surface area contributed by atoms with E-state index in [1.807, 2.05) is 0 Å². The van der Waals surface area contributed by atoms with Crippen molar-refractivity contribution >= 4 is 5.97 Å². The van der Waals surface area contributed by atoms with Crippen LogP contribution in [0.1, 0.15) is 35.6 Å². The molecule has 226 valence electrons. The highest BCUT2D eigenvalue weighted by molar-refractivity contribution is 5.79. The van der Waals surface area contributed by atoms with Crippen LogP contribution in [-0.2, 0) is 28.5 Å². The lowest BCUT2D eigenvalue weighted by molar-refractivity contribution is -0.364. The van der Waals surface area contributed by atoms with Crippen LogP contribution in [0.25, 0.3) is 0 Å². The number of benzene rings is 2. The van der Waals surface area contributed by atoms with Gasteiger partial charge in [-0.05, 0) is 47.9 Å². The van der Waals surface area contributed by atoms with E-state index in [4.69, 9.17) is 42.6 Å². The molecule has 2 aromatic carbocycles. The van der Waals surface area contributed by atoms with Crippen molar-refractivity contribution in [3.05, 3.63) is 41.0 Å². The van der Waals surface area contributed by atoms with Crippen LogP contribution in [0.15, 0.2) is 24.3 Å². The van der Waals surface area contributed by atoms with E-state index in [1.54, 1.807) is 31.2 Å². The molecule has 4 heterocycles. The number of phenolic OH excluding ortho intramolecular Hbond substituents is 1. The molecule has 0 spiro atoms. The molecule has 13 heteroatoms. The largest absolute Gasteiger partial charge is 0.502 e. The standard InChI is InChI=1S/C29H32O13/c1-11-36-9-20-27(40-11)24(31)25(32)29(41-20)42-26-14-7-17-16(38-10-39-17)6-13(14)21(22-15(26)8-37-28(22)33)12-4-18(34-2)23(30)19(5-12)35-3/h4-7,11,15,20-22,24-27,29-32H,8-10H2,1-3H3/t11-,15+,20-,21?,22?,24-,25-,26-,27-,29+/m1/s1. The van der Waals surface area contributed by atoms with Gasteiger partial charge in [-0.2, -0.15) is 0 Å². The van der Waals surface area contributed by atoms with Crippen LogP contribution in [-0.4, -0.2) is 92.5 Å². The zero-order valence-corrected chi connectivity index (χ0v) is 23.1. The summed E-state index contributed by atoms with van der Waals surface area (Å²) >= 11 is 0. The van der Waals surface area contributed by atoms with Gasteiger partial charge in [-0.1, -0.05) is 0 Å². The zero-order valence-electron chi connectivity index (χ0n) is 23.1. The van der Waals surface area contributed by atoms with Crippen molar-refractivity contribution in [1.82, 2.24) is 0 Å². The van der Waals surface area contributed by atoms with Crippen molar-refractivity contribution in [2.75, 3.05) is 34.2 Å². The van der Waals surface area contributed by atoms with Gasteiger partial charge in [-0.15, -0.1) is 0 Å². The zero-order chi connectivity index (χ0) is 29.3. The number of rotatable bonds is 5. The number of aliphatic hydroxyl groups is 2. The first-order valence-corrected chi connectivity index (χ1v) is 13.8. The fraction of sp³-hybridized carbons (Fsp3) is 0.552. The molecule has 42 heavy (non-hydrogen) atoms. The molecular formula is C29H32O13. The van der Waals surface area contributed by atoms with Gasteiger partial charge in [0.2, 0.25) is 12.5 Å². The first-order chi connectivity index (χ1) is 20.3. The number of aliphatic hydroxyl groups excluding tert-OH is 2. The summed E-state index contributed by atoms with van der Waals surface area (Å²) in [7, 11) is 2.86. The molecule has 0 bridgehead atoms. The predicted molar refractivity (Wildman–Crippen MR) is 138 cm³/mol. The molecule has 3 N–H and O–H groups in total. The minimum absolute atomic E-state index is 0.0301. The summed E-state index contributed by atoms with van der Waals surface area (Å²) in [4.78, 5) is 13.4. The summed E-state index contributed by atoms with van der Waals surface area (Å²) in [6.45, 7) is 1.93. The summed E-state index contributed by atoms with van der Waals surface area (Å²) < 4.78 is 51.5. The molecule has 0 radical (unpaired) electrons. The second-order valence-corrected chi connectivity index (χ2v) is 11.0. The number of carbonyl (C=O) groups excluding carboxylic acids is 1.